The van der Waals surface area contributed by atoms with Crippen molar-refractivity contribution >= 4 is 17.2 Å². The second-order valence-electron chi connectivity index (χ2n) is 5.46. The Balaban J connectivity index is 1.62. The zero-order chi connectivity index (χ0) is 13.1. The van der Waals surface area contributed by atoms with E-state index >= 15 is 0 Å². The van der Waals surface area contributed by atoms with Gasteiger partial charge in [-0.25, -0.2) is 0 Å². The number of thiophene rings is 1. The van der Waals surface area contributed by atoms with Gasteiger partial charge < -0.3 is 15.4 Å². The third kappa shape index (κ3) is 2.68. The molecule has 4 nitrogen and oxygen atoms in total. The summed E-state index contributed by atoms with van der Waals surface area (Å²) >= 11 is 1.68. The first-order chi connectivity index (χ1) is 9.30. The highest BCUT2D eigenvalue weighted by Gasteiger charge is 2.47. The number of amides is 1. The second kappa shape index (κ2) is 5.61. The van der Waals surface area contributed by atoms with Crippen molar-refractivity contribution in [1.29, 1.82) is 0 Å². The molecule has 3 heterocycles. The molecule has 2 saturated heterocycles. The Kier molecular flexibility index (Phi) is 3.86. The molecule has 1 spiro atoms. The lowest BCUT2D eigenvalue weighted by molar-refractivity contribution is -0.130. The molecule has 5 heteroatoms. The average molecular weight is 280 g/mol. The van der Waals surface area contributed by atoms with Crippen molar-refractivity contribution in [3.63, 3.8) is 0 Å². The fourth-order valence-electron chi connectivity index (χ4n) is 3.19. The maximum Gasteiger partial charge on any atom is 0.225 e. The van der Waals surface area contributed by atoms with Crippen LogP contribution in [0, 0.1) is 11.3 Å². The minimum Gasteiger partial charge on any atom is -0.381 e. The predicted octanol–water partition coefficient (Wildman–Crippen LogP) is 1.38. The lowest BCUT2D eigenvalue weighted by atomic mass is 9.72. The van der Waals surface area contributed by atoms with Gasteiger partial charge in [-0.1, -0.05) is 6.07 Å². The molecular formula is C14H20N2O2S. The van der Waals surface area contributed by atoms with Gasteiger partial charge in [-0.15, -0.1) is 11.3 Å². The monoisotopic (exact) mass is 280 g/mol. The van der Waals surface area contributed by atoms with E-state index in [1.165, 1.54) is 4.88 Å². The van der Waals surface area contributed by atoms with Gasteiger partial charge in [-0.2, -0.15) is 0 Å². The van der Waals surface area contributed by atoms with Crippen LogP contribution in [0.25, 0.3) is 0 Å². The van der Waals surface area contributed by atoms with E-state index in [9.17, 15) is 4.79 Å². The van der Waals surface area contributed by atoms with Crippen LogP contribution >= 0.6 is 11.3 Å². The van der Waals surface area contributed by atoms with Crippen molar-refractivity contribution in [2.75, 3.05) is 26.3 Å². The molecule has 0 bridgehead atoms. The summed E-state index contributed by atoms with van der Waals surface area (Å²) in [6.45, 7) is 3.98. The fraction of sp³-hybridized carbons (Fsp3) is 0.643. The maximum absolute atomic E-state index is 12.4. The molecule has 0 aromatic carbocycles. The molecule has 2 fully saturated rings. The molecule has 0 unspecified atom stereocenters. The Hall–Kier alpha value is -0.910. The molecule has 0 aliphatic carbocycles. The highest BCUT2D eigenvalue weighted by Crippen LogP contribution is 2.40. The minimum absolute atomic E-state index is 0.0939. The predicted molar refractivity (Wildman–Crippen MR) is 75.0 cm³/mol. The average Bonchev–Trinajstić information content (AvgIpc) is 3.07. The number of rotatable bonds is 3. The lowest BCUT2D eigenvalue weighted by Gasteiger charge is -2.37. The van der Waals surface area contributed by atoms with Gasteiger partial charge in [-0.3, -0.25) is 4.79 Å². The molecule has 104 valence electrons. The molecule has 3 rings (SSSR count). The van der Waals surface area contributed by atoms with Crippen LogP contribution in [0.3, 0.4) is 0 Å². The standard InChI is InChI=1S/C14H20N2O2S/c17-13(16-8-11-2-1-7-19-11)12-9-15-10-14(12)3-5-18-6-4-14/h1-2,7,12,15H,3-6,8-10H2,(H,16,17)/t12-/m1/s1. The van der Waals surface area contributed by atoms with Crippen molar-refractivity contribution in [2.45, 2.75) is 19.4 Å². The first-order valence-electron chi connectivity index (χ1n) is 6.89. The van der Waals surface area contributed by atoms with Gasteiger partial charge in [0.05, 0.1) is 12.5 Å². The van der Waals surface area contributed by atoms with E-state index < -0.39 is 0 Å². The number of nitrogens with one attached hydrogen (secondary N) is 2. The van der Waals surface area contributed by atoms with E-state index in [1.807, 2.05) is 11.4 Å². The Labute approximate surface area is 117 Å². The van der Waals surface area contributed by atoms with Gasteiger partial charge in [0.25, 0.3) is 0 Å². The molecule has 2 aliphatic heterocycles. The normalized spacial score (nSPS) is 25.6. The van der Waals surface area contributed by atoms with Gasteiger partial charge >= 0.3 is 0 Å². The van der Waals surface area contributed by atoms with Crippen LogP contribution in [-0.4, -0.2) is 32.2 Å². The third-order valence-corrected chi connectivity index (χ3v) is 5.26. The smallest absolute Gasteiger partial charge is 0.225 e. The summed E-state index contributed by atoms with van der Waals surface area (Å²) in [6.07, 6.45) is 1.99. The lowest BCUT2D eigenvalue weighted by Crippen LogP contribution is -2.44. The quantitative estimate of drug-likeness (QED) is 0.879. The topological polar surface area (TPSA) is 50.4 Å². The summed E-state index contributed by atoms with van der Waals surface area (Å²) in [5.74, 6) is 0.289. The zero-order valence-electron chi connectivity index (χ0n) is 11.0. The maximum atomic E-state index is 12.4. The van der Waals surface area contributed by atoms with Crippen molar-refractivity contribution in [3.05, 3.63) is 22.4 Å². The molecule has 2 aliphatic rings. The SMILES string of the molecule is O=C(NCc1cccs1)[C@H]1CNCC12CCOCC2. The second-order valence-corrected chi connectivity index (χ2v) is 6.49. The van der Waals surface area contributed by atoms with Gasteiger partial charge in [0.2, 0.25) is 5.91 Å². The molecule has 19 heavy (non-hydrogen) atoms. The molecule has 2 N–H and O–H groups in total. The van der Waals surface area contributed by atoms with Crippen LogP contribution in [0.2, 0.25) is 0 Å². The van der Waals surface area contributed by atoms with Crippen molar-refractivity contribution < 1.29 is 9.53 Å². The highest BCUT2D eigenvalue weighted by molar-refractivity contribution is 7.09. The summed E-state index contributed by atoms with van der Waals surface area (Å²) in [7, 11) is 0. The van der Waals surface area contributed by atoms with E-state index in [4.69, 9.17) is 4.74 Å². The molecule has 0 radical (unpaired) electrons. The molecule has 0 saturated carbocycles. The fourth-order valence-corrected chi connectivity index (χ4v) is 3.83. The van der Waals surface area contributed by atoms with Gasteiger partial charge in [0.15, 0.2) is 0 Å². The Bertz CT molecular complexity index is 427. The van der Waals surface area contributed by atoms with E-state index in [2.05, 4.69) is 16.7 Å². The number of hydrogen-bond donors (Lipinski definition) is 2. The Morgan fingerprint density at radius 2 is 2.37 bits per heavy atom. The number of hydrogen-bond acceptors (Lipinski definition) is 4. The van der Waals surface area contributed by atoms with Crippen LogP contribution in [-0.2, 0) is 16.1 Å². The number of carbonyl (C=O) groups is 1. The minimum atomic E-state index is 0.0939. The molecule has 1 atom stereocenters. The summed E-state index contributed by atoms with van der Waals surface area (Å²) in [4.78, 5) is 13.6. The van der Waals surface area contributed by atoms with Crippen LogP contribution in [0.15, 0.2) is 17.5 Å². The first-order valence-corrected chi connectivity index (χ1v) is 7.77. The highest BCUT2D eigenvalue weighted by atomic mass is 32.1. The van der Waals surface area contributed by atoms with Crippen LogP contribution < -0.4 is 10.6 Å². The van der Waals surface area contributed by atoms with Gasteiger partial charge in [-0.05, 0) is 29.7 Å². The molecule has 1 amide bonds. The first kappa shape index (κ1) is 13.1. The van der Waals surface area contributed by atoms with Gasteiger partial charge in [0, 0.05) is 31.2 Å². The molecular weight excluding hydrogens is 260 g/mol. The zero-order valence-corrected chi connectivity index (χ0v) is 11.8. The molecule has 1 aromatic rings. The third-order valence-electron chi connectivity index (χ3n) is 4.39. The summed E-state index contributed by atoms with van der Waals surface area (Å²) in [6, 6.07) is 4.07. The number of ether oxygens (including phenoxy) is 1. The summed E-state index contributed by atoms with van der Waals surface area (Å²) in [5.41, 5.74) is 0.123. The van der Waals surface area contributed by atoms with E-state index in [1.54, 1.807) is 11.3 Å². The van der Waals surface area contributed by atoms with Crippen molar-refractivity contribution in [2.24, 2.45) is 11.3 Å². The van der Waals surface area contributed by atoms with Gasteiger partial charge in [0.1, 0.15) is 0 Å². The Morgan fingerprint density at radius 3 is 3.11 bits per heavy atom. The van der Waals surface area contributed by atoms with Crippen LogP contribution in [0.5, 0.6) is 0 Å². The van der Waals surface area contributed by atoms with Crippen LogP contribution in [0.1, 0.15) is 17.7 Å². The Morgan fingerprint density at radius 1 is 1.53 bits per heavy atom. The summed E-state index contributed by atoms with van der Waals surface area (Å²) < 4.78 is 5.45. The van der Waals surface area contributed by atoms with Crippen molar-refractivity contribution in [1.82, 2.24) is 10.6 Å². The van der Waals surface area contributed by atoms with E-state index in [0.717, 1.165) is 39.1 Å². The molecule has 1 aromatic heterocycles. The van der Waals surface area contributed by atoms with Crippen molar-refractivity contribution in [3.8, 4) is 0 Å². The largest absolute Gasteiger partial charge is 0.381 e. The summed E-state index contributed by atoms with van der Waals surface area (Å²) in [5, 5.41) is 8.52. The van der Waals surface area contributed by atoms with Crippen LogP contribution in [0.4, 0.5) is 0 Å². The number of carbonyl (C=O) groups excluding carboxylic acids is 1. The van der Waals surface area contributed by atoms with E-state index in [0.29, 0.717) is 6.54 Å². The van der Waals surface area contributed by atoms with E-state index in [-0.39, 0.29) is 17.2 Å².